The number of nitrogens with zero attached hydrogens (tertiary/aromatic N) is 2. The van der Waals surface area contributed by atoms with Crippen molar-refractivity contribution in [3.63, 3.8) is 0 Å². The van der Waals surface area contributed by atoms with Gasteiger partial charge < -0.3 is 23.7 Å². The molecule has 3 aromatic rings. The average Bonchev–Trinajstić information content (AvgIpc) is 3.43. The molecule has 0 saturated carbocycles. The molecule has 14 heteroatoms. The van der Waals surface area contributed by atoms with Crippen LogP contribution < -0.4 is 19.5 Å². The number of nitrogens with one attached hydrogen (secondary N) is 1. The Hall–Kier alpha value is -3.72. The fourth-order valence-electron chi connectivity index (χ4n) is 3.76. The Morgan fingerprint density at radius 3 is 2.38 bits per heavy atom. The van der Waals surface area contributed by atoms with Crippen LogP contribution in [0.4, 0.5) is 5.13 Å². The number of carbonyl (C=O) groups excluding carboxylic acids is 2. The van der Waals surface area contributed by atoms with Crippen molar-refractivity contribution in [3.8, 4) is 28.5 Å². The Morgan fingerprint density at radius 1 is 1.00 bits per heavy atom. The highest BCUT2D eigenvalue weighted by Gasteiger charge is 2.30. The van der Waals surface area contributed by atoms with Crippen LogP contribution in [0.25, 0.3) is 11.3 Å². The van der Waals surface area contributed by atoms with E-state index in [1.807, 2.05) is 6.07 Å². The Morgan fingerprint density at radius 2 is 1.69 bits per heavy atom. The number of thiazole rings is 1. The standard InChI is InChI=1S/C25H27N3O9S2/c1-33-19-6-4-16(12-21(19)35-3)18-15-38-25(26-18)27-23(29)14-37-24(30)17-5-7-20(34-2)22(13-17)39(31,32)28-8-10-36-11-9-28/h4-7,12-13,15H,8-11,14H2,1-3H3,(H,26,27,29). The summed E-state index contributed by atoms with van der Waals surface area (Å²) in [5, 5.41) is 4.66. The van der Waals surface area contributed by atoms with Gasteiger partial charge in [-0.15, -0.1) is 11.3 Å². The lowest BCUT2D eigenvalue weighted by atomic mass is 10.1. The van der Waals surface area contributed by atoms with Gasteiger partial charge in [-0.25, -0.2) is 18.2 Å². The molecule has 12 nitrogen and oxygen atoms in total. The molecule has 1 aliphatic rings. The van der Waals surface area contributed by atoms with Gasteiger partial charge in [0.2, 0.25) is 10.0 Å². The quantitative estimate of drug-likeness (QED) is 0.357. The average molecular weight is 578 g/mol. The van der Waals surface area contributed by atoms with Gasteiger partial charge in [0.25, 0.3) is 5.91 Å². The first-order valence-corrected chi connectivity index (χ1v) is 14.0. The van der Waals surface area contributed by atoms with E-state index in [0.29, 0.717) is 22.3 Å². The number of hydrogen-bond donors (Lipinski definition) is 1. The van der Waals surface area contributed by atoms with Crippen LogP contribution in [0.2, 0.25) is 0 Å². The summed E-state index contributed by atoms with van der Waals surface area (Å²) in [6.07, 6.45) is 0. The van der Waals surface area contributed by atoms with E-state index >= 15 is 0 Å². The fraction of sp³-hybridized carbons (Fsp3) is 0.320. The molecule has 0 bridgehead atoms. The van der Waals surface area contributed by atoms with Crippen LogP contribution in [-0.2, 0) is 24.3 Å². The maximum absolute atomic E-state index is 13.1. The lowest BCUT2D eigenvalue weighted by Crippen LogP contribution is -2.40. The van der Waals surface area contributed by atoms with E-state index in [4.69, 9.17) is 23.7 Å². The second-order valence-electron chi connectivity index (χ2n) is 8.11. The lowest BCUT2D eigenvalue weighted by molar-refractivity contribution is -0.119. The Kier molecular flexibility index (Phi) is 9.01. The first kappa shape index (κ1) is 28.3. The molecule has 0 unspecified atom stereocenters. The molecule has 1 fully saturated rings. The Balaban J connectivity index is 1.40. The van der Waals surface area contributed by atoms with Crippen molar-refractivity contribution in [1.29, 1.82) is 0 Å². The van der Waals surface area contributed by atoms with Gasteiger partial charge in [0, 0.05) is 24.0 Å². The smallest absolute Gasteiger partial charge is 0.338 e. The van der Waals surface area contributed by atoms with E-state index in [2.05, 4.69) is 10.3 Å². The number of hydrogen-bond acceptors (Lipinski definition) is 11. The third-order valence-corrected chi connectivity index (χ3v) is 8.43. The molecule has 0 radical (unpaired) electrons. The predicted molar refractivity (Wildman–Crippen MR) is 142 cm³/mol. The highest BCUT2D eigenvalue weighted by atomic mass is 32.2. The van der Waals surface area contributed by atoms with Gasteiger partial charge in [0.15, 0.2) is 23.2 Å². The van der Waals surface area contributed by atoms with Crippen LogP contribution in [-0.4, -0.2) is 83.8 Å². The molecule has 1 aromatic heterocycles. The van der Waals surface area contributed by atoms with Crippen molar-refractivity contribution >= 4 is 38.4 Å². The van der Waals surface area contributed by atoms with E-state index in [9.17, 15) is 18.0 Å². The Bertz CT molecular complexity index is 1450. The zero-order valence-corrected chi connectivity index (χ0v) is 23.1. The fourth-order valence-corrected chi connectivity index (χ4v) is 6.09. The monoisotopic (exact) mass is 577 g/mol. The van der Waals surface area contributed by atoms with Crippen molar-refractivity contribution in [1.82, 2.24) is 9.29 Å². The van der Waals surface area contributed by atoms with Gasteiger partial charge in [0.05, 0.1) is 45.8 Å². The molecule has 208 valence electrons. The molecule has 0 spiro atoms. The van der Waals surface area contributed by atoms with Crippen LogP contribution in [0.1, 0.15) is 10.4 Å². The van der Waals surface area contributed by atoms with Crippen molar-refractivity contribution in [2.24, 2.45) is 0 Å². The highest BCUT2D eigenvalue weighted by Crippen LogP contribution is 2.33. The van der Waals surface area contributed by atoms with Crippen molar-refractivity contribution in [2.75, 3.05) is 59.6 Å². The third-order valence-electron chi connectivity index (χ3n) is 5.75. The van der Waals surface area contributed by atoms with Crippen LogP contribution in [0, 0.1) is 0 Å². The maximum atomic E-state index is 13.1. The molecule has 2 aromatic carbocycles. The van der Waals surface area contributed by atoms with Crippen LogP contribution in [0.3, 0.4) is 0 Å². The van der Waals surface area contributed by atoms with Gasteiger partial charge in [0.1, 0.15) is 10.6 Å². The molecule has 1 amide bonds. The number of esters is 1. The first-order chi connectivity index (χ1) is 18.8. The highest BCUT2D eigenvalue weighted by molar-refractivity contribution is 7.89. The minimum atomic E-state index is -3.94. The van der Waals surface area contributed by atoms with Crippen LogP contribution in [0.5, 0.6) is 17.2 Å². The lowest BCUT2D eigenvalue weighted by Gasteiger charge is -2.26. The van der Waals surface area contributed by atoms with E-state index in [-0.39, 0.29) is 42.5 Å². The van der Waals surface area contributed by atoms with Gasteiger partial charge >= 0.3 is 5.97 Å². The van der Waals surface area contributed by atoms with E-state index in [0.717, 1.165) is 5.56 Å². The second-order valence-corrected chi connectivity index (χ2v) is 10.9. The van der Waals surface area contributed by atoms with Crippen LogP contribution >= 0.6 is 11.3 Å². The number of sulfonamides is 1. The molecular formula is C25H27N3O9S2. The Labute approximate surface area is 229 Å². The van der Waals surface area contributed by atoms with Gasteiger partial charge in [-0.1, -0.05) is 0 Å². The third kappa shape index (κ3) is 6.47. The number of amides is 1. The minimum absolute atomic E-state index is 0.0413. The summed E-state index contributed by atoms with van der Waals surface area (Å²) in [6, 6.07) is 9.25. The molecule has 1 N–H and O–H groups in total. The number of anilines is 1. The zero-order valence-electron chi connectivity index (χ0n) is 21.5. The number of benzene rings is 2. The number of ether oxygens (including phenoxy) is 5. The number of rotatable bonds is 10. The summed E-state index contributed by atoms with van der Waals surface area (Å²) in [4.78, 5) is 29.3. The topological polar surface area (TPSA) is 143 Å². The first-order valence-electron chi connectivity index (χ1n) is 11.7. The second kappa shape index (κ2) is 12.4. The number of carbonyl (C=O) groups is 2. The van der Waals surface area contributed by atoms with Gasteiger partial charge in [-0.2, -0.15) is 4.31 Å². The summed E-state index contributed by atoms with van der Waals surface area (Å²) in [5.74, 6) is -0.262. The number of morpholine rings is 1. The number of aromatic nitrogens is 1. The molecule has 0 atom stereocenters. The maximum Gasteiger partial charge on any atom is 0.338 e. The van der Waals surface area contributed by atoms with E-state index in [1.54, 1.807) is 24.6 Å². The summed E-state index contributed by atoms with van der Waals surface area (Å²) in [5.41, 5.74) is 1.33. The summed E-state index contributed by atoms with van der Waals surface area (Å²) in [7, 11) is 0.473. The largest absolute Gasteiger partial charge is 0.495 e. The SMILES string of the molecule is COc1ccc(-c2csc(NC(=O)COC(=O)c3ccc(OC)c(S(=O)(=O)N4CCOCC4)c3)n2)cc1OC. The van der Waals surface area contributed by atoms with Crippen molar-refractivity contribution in [2.45, 2.75) is 4.90 Å². The molecule has 1 saturated heterocycles. The van der Waals surface area contributed by atoms with E-state index < -0.39 is 28.5 Å². The van der Waals surface area contributed by atoms with Crippen molar-refractivity contribution < 1.29 is 41.7 Å². The number of methoxy groups -OCH3 is 3. The normalized spacial score (nSPS) is 13.9. The van der Waals surface area contributed by atoms with Crippen molar-refractivity contribution in [3.05, 3.63) is 47.3 Å². The zero-order chi connectivity index (χ0) is 28.0. The summed E-state index contributed by atoms with van der Waals surface area (Å²) >= 11 is 1.20. The molecule has 0 aliphatic carbocycles. The van der Waals surface area contributed by atoms with Gasteiger partial charge in [-0.3, -0.25) is 10.1 Å². The summed E-state index contributed by atoms with van der Waals surface area (Å²) < 4.78 is 53.7. The molecule has 2 heterocycles. The minimum Gasteiger partial charge on any atom is -0.495 e. The molecule has 4 rings (SSSR count). The van der Waals surface area contributed by atoms with E-state index in [1.165, 1.54) is 48.1 Å². The predicted octanol–water partition coefficient (Wildman–Crippen LogP) is 2.65. The molecule has 1 aliphatic heterocycles. The molecular weight excluding hydrogens is 550 g/mol. The van der Waals surface area contributed by atoms with Gasteiger partial charge in [-0.05, 0) is 36.4 Å². The summed E-state index contributed by atoms with van der Waals surface area (Å²) in [6.45, 7) is 0.317. The van der Waals surface area contributed by atoms with Crippen LogP contribution in [0.15, 0.2) is 46.7 Å². The molecule has 39 heavy (non-hydrogen) atoms.